The van der Waals surface area contributed by atoms with Gasteiger partial charge in [0.1, 0.15) is 0 Å². The third-order valence-corrected chi connectivity index (χ3v) is 1.88. The van der Waals surface area contributed by atoms with Gasteiger partial charge in [0.2, 0.25) is 0 Å². The molecule has 0 aliphatic heterocycles. The molecule has 0 radical (unpaired) electrons. The van der Waals surface area contributed by atoms with Gasteiger partial charge in [-0.25, -0.2) is 0 Å². The molecule has 0 bridgehead atoms. The van der Waals surface area contributed by atoms with E-state index in [-0.39, 0.29) is 0 Å². The van der Waals surface area contributed by atoms with E-state index in [1.165, 1.54) is 0 Å². The predicted molar refractivity (Wildman–Crippen MR) is 45.7 cm³/mol. The normalized spacial score (nSPS) is 10.6. The maximum Gasteiger partial charge on any atom is 0.0882 e. The number of alkyl halides is 1. The molecule has 2 nitrogen and oxygen atoms in total. The van der Waals surface area contributed by atoms with Crippen molar-refractivity contribution in [2.75, 3.05) is 0 Å². The van der Waals surface area contributed by atoms with Gasteiger partial charge in [0, 0.05) is 11.9 Å². The molecule has 0 unspecified atom stereocenters. The van der Waals surface area contributed by atoms with E-state index < -0.39 is 0 Å². The zero-order valence-corrected chi connectivity index (χ0v) is 6.60. The molecule has 2 rings (SSSR count). The van der Waals surface area contributed by atoms with Crippen LogP contribution in [0.5, 0.6) is 0 Å². The molecule has 3 heteroatoms. The molecule has 0 saturated carbocycles. The van der Waals surface area contributed by atoms with Crippen LogP contribution in [0.2, 0.25) is 0 Å². The molecule has 0 saturated heterocycles. The molecular formula is C8H7ClN2. The van der Waals surface area contributed by atoms with Gasteiger partial charge in [-0.15, -0.1) is 11.6 Å². The minimum absolute atomic E-state index is 0.510. The fraction of sp³-hybridized carbons (Fsp3) is 0.125. The lowest BCUT2D eigenvalue weighted by atomic mass is 10.4. The molecule has 11 heavy (non-hydrogen) atoms. The van der Waals surface area contributed by atoms with E-state index in [4.69, 9.17) is 11.6 Å². The summed E-state index contributed by atoms with van der Waals surface area (Å²) in [5, 5.41) is 0. The average Bonchev–Trinajstić information content (AvgIpc) is 2.46. The molecule has 0 aliphatic carbocycles. The molecular weight excluding hydrogens is 160 g/mol. The number of pyridine rings is 1. The van der Waals surface area contributed by atoms with E-state index in [9.17, 15) is 0 Å². The number of aromatic amines is 1. The Hall–Kier alpha value is -1.02. The van der Waals surface area contributed by atoms with E-state index in [0.29, 0.717) is 5.88 Å². The highest BCUT2D eigenvalue weighted by Gasteiger charge is 1.97. The summed E-state index contributed by atoms with van der Waals surface area (Å²) in [6.45, 7) is 0. The van der Waals surface area contributed by atoms with Crippen LogP contribution in [0, 0.1) is 0 Å². The standard InChI is InChI=1S/C8H7ClN2/c9-5-6-4-8-7(11-6)2-1-3-10-8/h1-4,11H,5H2. The lowest BCUT2D eigenvalue weighted by Gasteiger charge is -1.83. The van der Waals surface area contributed by atoms with Crippen molar-refractivity contribution >= 4 is 22.6 Å². The summed E-state index contributed by atoms with van der Waals surface area (Å²) < 4.78 is 0. The summed E-state index contributed by atoms with van der Waals surface area (Å²) in [4.78, 5) is 7.31. The van der Waals surface area contributed by atoms with Crippen LogP contribution in [0.4, 0.5) is 0 Å². The molecule has 0 amide bonds. The first kappa shape index (κ1) is 6.68. The van der Waals surface area contributed by atoms with Crippen LogP contribution in [-0.4, -0.2) is 9.97 Å². The van der Waals surface area contributed by atoms with Gasteiger partial charge in [-0.3, -0.25) is 4.98 Å². The van der Waals surface area contributed by atoms with Crippen LogP contribution in [0.3, 0.4) is 0 Å². The van der Waals surface area contributed by atoms with E-state index in [2.05, 4.69) is 9.97 Å². The van der Waals surface area contributed by atoms with Crippen molar-refractivity contribution < 1.29 is 0 Å². The van der Waals surface area contributed by atoms with Crippen molar-refractivity contribution in [1.29, 1.82) is 0 Å². The average molecular weight is 167 g/mol. The minimum Gasteiger partial charge on any atom is -0.356 e. The van der Waals surface area contributed by atoms with Crippen LogP contribution >= 0.6 is 11.6 Å². The summed E-state index contributed by atoms with van der Waals surface area (Å²) in [5.74, 6) is 0.510. The summed E-state index contributed by atoms with van der Waals surface area (Å²) >= 11 is 5.64. The molecule has 2 aromatic heterocycles. The zero-order chi connectivity index (χ0) is 7.68. The number of H-pyrrole nitrogens is 1. The molecule has 2 heterocycles. The largest absolute Gasteiger partial charge is 0.356 e. The third-order valence-electron chi connectivity index (χ3n) is 1.59. The summed E-state index contributed by atoms with van der Waals surface area (Å²) in [6.07, 6.45) is 1.77. The second-order valence-corrected chi connectivity index (χ2v) is 2.63. The van der Waals surface area contributed by atoms with Gasteiger partial charge >= 0.3 is 0 Å². The predicted octanol–water partition coefficient (Wildman–Crippen LogP) is 2.30. The first-order valence-corrected chi connectivity index (χ1v) is 3.92. The smallest absolute Gasteiger partial charge is 0.0882 e. The Morgan fingerprint density at radius 2 is 2.45 bits per heavy atom. The van der Waals surface area contributed by atoms with Crippen LogP contribution in [-0.2, 0) is 5.88 Å². The van der Waals surface area contributed by atoms with Crippen molar-refractivity contribution in [3.05, 3.63) is 30.1 Å². The Morgan fingerprint density at radius 3 is 3.18 bits per heavy atom. The fourth-order valence-corrected chi connectivity index (χ4v) is 1.23. The highest BCUT2D eigenvalue weighted by atomic mass is 35.5. The molecule has 2 aromatic rings. The van der Waals surface area contributed by atoms with Crippen molar-refractivity contribution in [2.24, 2.45) is 0 Å². The van der Waals surface area contributed by atoms with Crippen molar-refractivity contribution in [3.8, 4) is 0 Å². The van der Waals surface area contributed by atoms with Crippen LogP contribution in [0.25, 0.3) is 11.0 Å². The van der Waals surface area contributed by atoms with Gasteiger partial charge in [0.05, 0.1) is 16.9 Å². The van der Waals surface area contributed by atoms with Gasteiger partial charge in [-0.05, 0) is 18.2 Å². The SMILES string of the molecule is ClCc1cc2ncccc2[nH]1. The van der Waals surface area contributed by atoms with E-state index in [0.717, 1.165) is 16.7 Å². The van der Waals surface area contributed by atoms with Gasteiger partial charge in [0.15, 0.2) is 0 Å². The van der Waals surface area contributed by atoms with E-state index in [1.807, 2.05) is 18.2 Å². The second-order valence-electron chi connectivity index (χ2n) is 2.36. The molecule has 56 valence electrons. The Kier molecular flexibility index (Phi) is 1.55. The molecule has 0 atom stereocenters. The van der Waals surface area contributed by atoms with Gasteiger partial charge in [0.25, 0.3) is 0 Å². The Morgan fingerprint density at radius 1 is 1.55 bits per heavy atom. The third kappa shape index (κ3) is 1.10. The first-order valence-electron chi connectivity index (χ1n) is 3.39. The number of fused-ring (bicyclic) bond motifs is 1. The topological polar surface area (TPSA) is 28.7 Å². The number of aromatic nitrogens is 2. The zero-order valence-electron chi connectivity index (χ0n) is 5.84. The van der Waals surface area contributed by atoms with E-state index in [1.54, 1.807) is 6.20 Å². The number of nitrogens with zero attached hydrogens (tertiary/aromatic N) is 1. The summed E-state index contributed by atoms with van der Waals surface area (Å²) in [6, 6.07) is 5.84. The number of hydrogen-bond donors (Lipinski definition) is 1. The molecule has 0 fully saturated rings. The lowest BCUT2D eigenvalue weighted by molar-refractivity contribution is 1.26. The highest BCUT2D eigenvalue weighted by Crippen LogP contribution is 2.12. The van der Waals surface area contributed by atoms with Crippen molar-refractivity contribution in [1.82, 2.24) is 9.97 Å². The number of rotatable bonds is 1. The second kappa shape index (κ2) is 2.55. The molecule has 0 spiro atoms. The minimum atomic E-state index is 0.510. The number of nitrogens with one attached hydrogen (secondary N) is 1. The number of hydrogen-bond acceptors (Lipinski definition) is 1. The van der Waals surface area contributed by atoms with Gasteiger partial charge in [-0.2, -0.15) is 0 Å². The van der Waals surface area contributed by atoms with Crippen molar-refractivity contribution in [3.63, 3.8) is 0 Å². The van der Waals surface area contributed by atoms with Crippen molar-refractivity contribution in [2.45, 2.75) is 5.88 Å². The van der Waals surface area contributed by atoms with Crippen LogP contribution in [0.1, 0.15) is 5.69 Å². The quantitative estimate of drug-likeness (QED) is 0.647. The summed E-state index contributed by atoms with van der Waals surface area (Å²) in [5.41, 5.74) is 3.03. The Balaban J connectivity index is 2.69. The highest BCUT2D eigenvalue weighted by molar-refractivity contribution is 6.17. The lowest BCUT2D eigenvalue weighted by Crippen LogP contribution is -1.72. The van der Waals surface area contributed by atoms with E-state index >= 15 is 0 Å². The van der Waals surface area contributed by atoms with Gasteiger partial charge < -0.3 is 4.98 Å². The maximum absolute atomic E-state index is 5.64. The monoisotopic (exact) mass is 166 g/mol. The first-order chi connectivity index (χ1) is 5.40. The Labute approximate surface area is 69.2 Å². The molecule has 0 aliphatic rings. The molecule has 1 N–H and O–H groups in total. The van der Waals surface area contributed by atoms with Crippen LogP contribution in [0.15, 0.2) is 24.4 Å². The maximum atomic E-state index is 5.64. The summed E-state index contributed by atoms with van der Waals surface area (Å²) in [7, 11) is 0. The number of halogens is 1. The van der Waals surface area contributed by atoms with Crippen LogP contribution < -0.4 is 0 Å². The fourth-order valence-electron chi connectivity index (χ4n) is 1.08. The Bertz CT molecular complexity index is 334. The van der Waals surface area contributed by atoms with Gasteiger partial charge in [-0.1, -0.05) is 0 Å². The molecule has 0 aromatic carbocycles.